The number of imidazole rings is 1. The lowest BCUT2D eigenvalue weighted by atomic mass is 10.2. The monoisotopic (exact) mass is 306 g/mol. The van der Waals surface area contributed by atoms with Gasteiger partial charge in [-0.25, -0.2) is 4.98 Å². The molecule has 20 heavy (non-hydrogen) atoms. The lowest BCUT2D eigenvalue weighted by molar-refractivity contribution is 0.302. The highest BCUT2D eigenvalue weighted by atomic mass is 35.5. The number of fused-ring (bicyclic) bond motifs is 1. The smallest absolute Gasteiger partial charge is 0.138 e. The number of aryl methyl sites for hydroxylation is 1. The van der Waals surface area contributed by atoms with Crippen LogP contribution in [-0.2, 0) is 6.61 Å². The summed E-state index contributed by atoms with van der Waals surface area (Å²) in [5.74, 6) is 0.668. The molecule has 3 aromatic rings. The van der Waals surface area contributed by atoms with Gasteiger partial charge in [-0.05, 0) is 36.8 Å². The van der Waals surface area contributed by atoms with Crippen molar-refractivity contribution >= 4 is 28.8 Å². The molecule has 0 saturated heterocycles. The van der Waals surface area contributed by atoms with E-state index in [2.05, 4.69) is 4.98 Å². The molecule has 0 bridgehead atoms. The Labute approximate surface area is 126 Å². The van der Waals surface area contributed by atoms with Crippen LogP contribution in [-0.4, -0.2) is 9.38 Å². The Morgan fingerprint density at radius 1 is 1.15 bits per heavy atom. The van der Waals surface area contributed by atoms with Gasteiger partial charge in [-0.1, -0.05) is 29.3 Å². The van der Waals surface area contributed by atoms with Gasteiger partial charge in [0.2, 0.25) is 0 Å². The number of hydrogen-bond acceptors (Lipinski definition) is 2. The fraction of sp³-hybridized carbons (Fsp3) is 0.133. The first-order valence-corrected chi connectivity index (χ1v) is 6.89. The number of nitrogens with zero attached hydrogens (tertiary/aromatic N) is 2. The standard InChI is InChI=1S/C15H12Cl2N2O/c1-10-2-4-13(17)14(6-10)20-9-12-8-19-7-11(16)3-5-15(19)18-12/h2-8H,9H2,1H3. The summed E-state index contributed by atoms with van der Waals surface area (Å²) in [5, 5.41) is 1.27. The molecule has 3 rings (SSSR count). The minimum Gasteiger partial charge on any atom is -0.486 e. The fourth-order valence-electron chi connectivity index (χ4n) is 1.96. The Balaban J connectivity index is 1.81. The van der Waals surface area contributed by atoms with E-state index in [9.17, 15) is 0 Å². The second-order valence-electron chi connectivity index (χ2n) is 4.57. The maximum absolute atomic E-state index is 6.09. The number of hydrogen-bond donors (Lipinski definition) is 0. The lowest BCUT2D eigenvalue weighted by Gasteiger charge is -2.07. The van der Waals surface area contributed by atoms with Crippen LogP contribution in [0.4, 0.5) is 0 Å². The zero-order valence-electron chi connectivity index (χ0n) is 10.8. The molecule has 0 spiro atoms. The van der Waals surface area contributed by atoms with E-state index in [0.29, 0.717) is 22.4 Å². The average molecular weight is 307 g/mol. The molecule has 5 heteroatoms. The van der Waals surface area contributed by atoms with Crippen molar-refractivity contribution < 1.29 is 4.74 Å². The van der Waals surface area contributed by atoms with Gasteiger partial charge in [0.05, 0.1) is 15.7 Å². The molecular formula is C15H12Cl2N2O. The van der Waals surface area contributed by atoms with Crippen LogP contribution < -0.4 is 4.74 Å². The normalized spacial score (nSPS) is 10.9. The van der Waals surface area contributed by atoms with E-state index in [1.165, 1.54) is 0 Å². The third-order valence-corrected chi connectivity index (χ3v) is 3.46. The summed E-state index contributed by atoms with van der Waals surface area (Å²) in [6.45, 7) is 2.36. The van der Waals surface area contributed by atoms with Gasteiger partial charge in [0, 0.05) is 12.4 Å². The molecule has 0 saturated carbocycles. The van der Waals surface area contributed by atoms with Crippen molar-refractivity contribution in [3.63, 3.8) is 0 Å². The molecule has 0 aliphatic carbocycles. The van der Waals surface area contributed by atoms with Gasteiger partial charge in [0.15, 0.2) is 0 Å². The minimum atomic E-state index is 0.364. The predicted molar refractivity (Wildman–Crippen MR) is 80.7 cm³/mol. The molecule has 3 nitrogen and oxygen atoms in total. The maximum atomic E-state index is 6.09. The van der Waals surface area contributed by atoms with Crippen LogP contribution in [0.3, 0.4) is 0 Å². The third-order valence-electron chi connectivity index (χ3n) is 2.93. The number of aromatic nitrogens is 2. The van der Waals surface area contributed by atoms with Crippen LogP contribution >= 0.6 is 23.2 Å². The fourth-order valence-corrected chi connectivity index (χ4v) is 2.30. The van der Waals surface area contributed by atoms with Crippen LogP contribution in [0.25, 0.3) is 5.65 Å². The Kier molecular flexibility index (Phi) is 3.55. The zero-order valence-corrected chi connectivity index (χ0v) is 12.3. The van der Waals surface area contributed by atoms with Gasteiger partial charge in [-0.2, -0.15) is 0 Å². The van der Waals surface area contributed by atoms with Crippen molar-refractivity contribution in [3.05, 3.63) is 64.0 Å². The summed E-state index contributed by atoms with van der Waals surface area (Å²) in [4.78, 5) is 4.46. The van der Waals surface area contributed by atoms with Crippen molar-refractivity contribution in [2.75, 3.05) is 0 Å². The van der Waals surface area contributed by atoms with Crippen molar-refractivity contribution in [2.24, 2.45) is 0 Å². The molecule has 102 valence electrons. The first-order chi connectivity index (χ1) is 9.61. The van der Waals surface area contributed by atoms with E-state index in [0.717, 1.165) is 16.9 Å². The molecule has 0 amide bonds. The van der Waals surface area contributed by atoms with E-state index >= 15 is 0 Å². The number of ether oxygens (including phenoxy) is 1. The van der Waals surface area contributed by atoms with E-state index < -0.39 is 0 Å². The molecule has 0 radical (unpaired) electrons. The molecule has 0 aliphatic rings. The van der Waals surface area contributed by atoms with E-state index in [1.54, 1.807) is 0 Å². The lowest BCUT2D eigenvalue weighted by Crippen LogP contribution is -1.96. The molecular weight excluding hydrogens is 295 g/mol. The Morgan fingerprint density at radius 2 is 2.00 bits per heavy atom. The molecule has 0 N–H and O–H groups in total. The first-order valence-electron chi connectivity index (χ1n) is 6.14. The number of pyridine rings is 1. The van der Waals surface area contributed by atoms with Gasteiger partial charge in [0.25, 0.3) is 0 Å². The van der Waals surface area contributed by atoms with Crippen molar-refractivity contribution in [3.8, 4) is 5.75 Å². The first kappa shape index (κ1) is 13.3. The number of benzene rings is 1. The highest BCUT2D eigenvalue weighted by Crippen LogP contribution is 2.26. The van der Waals surface area contributed by atoms with Gasteiger partial charge in [-0.3, -0.25) is 0 Å². The summed E-state index contributed by atoms with van der Waals surface area (Å²) in [7, 11) is 0. The van der Waals surface area contributed by atoms with E-state index in [-0.39, 0.29) is 0 Å². The van der Waals surface area contributed by atoms with Crippen LogP contribution in [0.1, 0.15) is 11.3 Å². The highest BCUT2D eigenvalue weighted by molar-refractivity contribution is 6.32. The molecule has 2 aromatic heterocycles. The summed E-state index contributed by atoms with van der Waals surface area (Å²) < 4.78 is 7.60. The number of halogens is 2. The predicted octanol–water partition coefficient (Wildman–Crippen LogP) is 4.53. The van der Waals surface area contributed by atoms with Gasteiger partial charge >= 0.3 is 0 Å². The SMILES string of the molecule is Cc1ccc(Cl)c(OCc2cn3cc(Cl)ccc3n2)c1. The zero-order chi connectivity index (χ0) is 14.1. The quantitative estimate of drug-likeness (QED) is 0.711. The largest absolute Gasteiger partial charge is 0.486 e. The van der Waals surface area contributed by atoms with Crippen molar-refractivity contribution in [1.82, 2.24) is 9.38 Å². The topological polar surface area (TPSA) is 26.5 Å². The molecule has 1 aromatic carbocycles. The third kappa shape index (κ3) is 2.74. The Hall–Kier alpha value is -1.71. The van der Waals surface area contributed by atoms with Crippen molar-refractivity contribution in [1.29, 1.82) is 0 Å². The van der Waals surface area contributed by atoms with Crippen LogP contribution in [0.5, 0.6) is 5.75 Å². The Bertz CT molecular complexity index is 768. The van der Waals surface area contributed by atoms with Gasteiger partial charge in [0.1, 0.15) is 18.0 Å². The molecule has 0 unspecified atom stereocenters. The molecule has 0 aliphatic heterocycles. The second kappa shape index (κ2) is 5.35. The molecule has 2 heterocycles. The van der Waals surface area contributed by atoms with Crippen molar-refractivity contribution in [2.45, 2.75) is 13.5 Å². The average Bonchev–Trinajstić information content (AvgIpc) is 2.81. The van der Waals surface area contributed by atoms with Gasteiger partial charge in [-0.15, -0.1) is 0 Å². The molecule has 0 atom stereocenters. The molecule has 0 fully saturated rings. The summed E-state index contributed by atoms with van der Waals surface area (Å²) in [5.41, 5.74) is 2.76. The van der Waals surface area contributed by atoms with E-state index in [4.69, 9.17) is 27.9 Å². The maximum Gasteiger partial charge on any atom is 0.138 e. The highest BCUT2D eigenvalue weighted by Gasteiger charge is 2.06. The summed E-state index contributed by atoms with van der Waals surface area (Å²) in [6.07, 6.45) is 3.71. The second-order valence-corrected chi connectivity index (χ2v) is 5.41. The Morgan fingerprint density at radius 3 is 2.85 bits per heavy atom. The van der Waals surface area contributed by atoms with E-state index in [1.807, 2.05) is 54.0 Å². The van der Waals surface area contributed by atoms with Gasteiger partial charge < -0.3 is 9.14 Å². The minimum absolute atomic E-state index is 0.364. The van der Waals surface area contributed by atoms with Crippen LogP contribution in [0.2, 0.25) is 10.0 Å². The summed E-state index contributed by atoms with van der Waals surface area (Å²) >= 11 is 12.0. The summed E-state index contributed by atoms with van der Waals surface area (Å²) in [6, 6.07) is 9.37. The van der Waals surface area contributed by atoms with Crippen LogP contribution in [0.15, 0.2) is 42.7 Å². The van der Waals surface area contributed by atoms with Crippen LogP contribution in [0, 0.1) is 6.92 Å². The number of rotatable bonds is 3.